The van der Waals surface area contributed by atoms with Gasteiger partial charge in [0.05, 0.1) is 29.9 Å². The second-order valence-corrected chi connectivity index (χ2v) is 21.3. The molecule has 0 spiro atoms. The fraction of sp³-hybridized carbons (Fsp3) is 0.569. The van der Waals surface area contributed by atoms with Crippen molar-refractivity contribution in [3.8, 4) is 0 Å². The summed E-state index contributed by atoms with van der Waals surface area (Å²) in [5.41, 5.74) is 6.63. The van der Waals surface area contributed by atoms with Crippen LogP contribution in [0.2, 0.25) is 0 Å². The largest absolute Gasteiger partial charge is 0.371 e. The molecule has 3 aromatic carbocycles. The number of hydrogen-bond donors (Lipinski definition) is 5. The van der Waals surface area contributed by atoms with Crippen molar-refractivity contribution in [2.45, 2.75) is 133 Å². The summed E-state index contributed by atoms with van der Waals surface area (Å²) in [6, 6.07) is 18.1. The lowest BCUT2D eigenvalue weighted by Gasteiger charge is -2.53. The molecule has 4 saturated heterocycles. The number of hydrogen-bond acceptors (Lipinski definition) is 10. The zero-order valence-electron chi connectivity index (χ0n) is 44.4. The maximum absolute atomic E-state index is 15.0. The molecule has 408 valence electrons. The van der Waals surface area contributed by atoms with Crippen molar-refractivity contribution in [2.75, 3.05) is 66.0 Å². The van der Waals surface area contributed by atoms with E-state index in [2.05, 4.69) is 35.5 Å². The molecule has 4 heterocycles. The van der Waals surface area contributed by atoms with Crippen molar-refractivity contribution in [2.24, 2.45) is 17.6 Å². The van der Waals surface area contributed by atoms with Crippen LogP contribution in [0, 0.1) is 23.1 Å². The summed E-state index contributed by atoms with van der Waals surface area (Å²) in [4.78, 5) is 84.8. The van der Waals surface area contributed by atoms with Crippen LogP contribution in [0.15, 0.2) is 66.7 Å². The molecule has 75 heavy (non-hydrogen) atoms. The van der Waals surface area contributed by atoms with Gasteiger partial charge in [-0.1, -0.05) is 82.0 Å². The summed E-state index contributed by atoms with van der Waals surface area (Å²) >= 11 is 0. The zero-order chi connectivity index (χ0) is 52.8. The lowest BCUT2D eigenvalue weighted by atomic mass is 9.70. The predicted octanol–water partition coefficient (Wildman–Crippen LogP) is 6.92. The Kier molecular flexibility index (Phi) is 21.6. The van der Waals surface area contributed by atoms with Crippen LogP contribution in [-0.2, 0) is 25.5 Å². The molecule has 10 rings (SSSR count). The Morgan fingerprint density at radius 2 is 1.51 bits per heavy atom. The number of amides is 5. The number of benzene rings is 3. The Morgan fingerprint density at radius 1 is 0.813 bits per heavy atom. The average Bonchev–Trinajstić information content (AvgIpc) is 4.30. The normalized spacial score (nSPS) is 22.7. The van der Waals surface area contributed by atoms with E-state index in [4.69, 9.17) is 10.1 Å². The number of nitrogens with two attached hydrogens (primary N) is 1. The Hall–Kier alpha value is -5.49. The number of nitrogens with one attached hydrogen (secondary N) is 4. The van der Waals surface area contributed by atoms with Gasteiger partial charge >= 0.3 is 0 Å². The van der Waals surface area contributed by atoms with Gasteiger partial charge in [0.2, 0.25) is 17.7 Å². The van der Waals surface area contributed by atoms with E-state index in [1.54, 1.807) is 34.1 Å². The molecule has 3 saturated carbocycles. The predicted molar refractivity (Wildman–Crippen MR) is 294 cm³/mol. The molecule has 0 aromatic heterocycles. The minimum Gasteiger partial charge on any atom is -0.371 e. The molecule has 17 heteroatoms. The van der Waals surface area contributed by atoms with Gasteiger partial charge in [0.1, 0.15) is 11.9 Å². The number of piperazine rings is 1. The Labute approximate surface area is 450 Å². The van der Waals surface area contributed by atoms with Crippen LogP contribution in [-0.4, -0.2) is 139 Å². The summed E-state index contributed by atoms with van der Waals surface area (Å²) in [5, 5.41) is 18.5. The maximum Gasteiger partial charge on any atom is 0.256 e. The van der Waals surface area contributed by atoms with Gasteiger partial charge in [-0.05, 0) is 113 Å². The van der Waals surface area contributed by atoms with E-state index in [0.29, 0.717) is 74.2 Å². The molecule has 2 bridgehead atoms. The quantitative estimate of drug-likeness (QED) is 0.0745. The molecule has 7 fully saturated rings. The van der Waals surface area contributed by atoms with E-state index in [1.165, 1.54) is 31.7 Å². The summed E-state index contributed by atoms with van der Waals surface area (Å²) < 4.78 is 21.5. The summed E-state index contributed by atoms with van der Waals surface area (Å²) in [5.74, 6) is -0.986. The third kappa shape index (κ3) is 14.9. The number of likely N-dealkylation sites (tertiary alicyclic amines) is 1. The topological polar surface area (TPSA) is 207 Å². The van der Waals surface area contributed by atoms with E-state index in [0.717, 1.165) is 82.7 Å². The van der Waals surface area contributed by atoms with Gasteiger partial charge < -0.3 is 46.5 Å². The SMILES string of the molecule is CCC.CN.N=C(Cc1ccc(F)c(C(=O)N2CCN(C(=O)CNCC34CCC(NC(=O)C(NC(=O)c5cccc(C6CCCN(C(=O)C7CC7)C6)c5)C5CCCCC5)(CC3)CO4)CC2)c1)c1ccccc1C=O.S. The summed E-state index contributed by atoms with van der Waals surface area (Å²) in [6.45, 7) is 7.76. The minimum atomic E-state index is -0.669. The van der Waals surface area contributed by atoms with Crippen LogP contribution in [0.5, 0.6) is 0 Å². The third-order valence-electron chi connectivity index (χ3n) is 15.8. The molecule has 3 aromatic rings. The van der Waals surface area contributed by atoms with Gasteiger partial charge in [0, 0.05) is 86.5 Å². The number of fused-ring (bicyclic) bond motifs is 3. The number of aldehydes is 1. The van der Waals surface area contributed by atoms with Crippen LogP contribution in [0.4, 0.5) is 4.39 Å². The van der Waals surface area contributed by atoms with Gasteiger partial charge in [-0.25, -0.2) is 4.39 Å². The molecular formula is C58H81FN8O7S. The first kappa shape index (κ1) is 58.8. The molecule has 4 aliphatic heterocycles. The van der Waals surface area contributed by atoms with E-state index in [-0.39, 0.29) is 92.2 Å². The number of carbonyl (C=O) groups is 6. The number of piperidine rings is 1. The van der Waals surface area contributed by atoms with E-state index < -0.39 is 28.9 Å². The van der Waals surface area contributed by atoms with Crippen molar-refractivity contribution in [3.63, 3.8) is 0 Å². The van der Waals surface area contributed by atoms with Gasteiger partial charge in [-0.15, -0.1) is 0 Å². The fourth-order valence-electron chi connectivity index (χ4n) is 11.4. The molecular weight excluding hydrogens is 972 g/mol. The fourth-order valence-corrected chi connectivity index (χ4v) is 11.4. The first-order chi connectivity index (χ1) is 35.8. The standard InChI is InChI=1S/C54H66FN7O7.C3H8.CH5N.H2S/c55-45-18-15-36(29-46(56)43-14-5-4-10-42(43)33-63)28-44(45)52(68)61-26-24-60(25-27-61)47(64)31-57-34-54-21-19-53(20-22-54,35-69-54)59-50(66)48(37-8-2-1-3-9-37)58-49(65)40-12-6-11-39(30-40)41-13-7-23-62(32-41)51(67)38-16-17-38;1-3-2;1-2;/h4-6,10-12,14-15,18,28,30,33,37-38,41,48,56-57H,1-3,7-9,13,16-17,19-27,29,31-32,34-35H2,(H,58,65)(H,59,66);3H2,1-2H3;2H2,1H3;1H2. The number of carbonyl (C=O) groups excluding carboxylic acids is 6. The molecule has 2 unspecified atom stereocenters. The molecule has 2 atom stereocenters. The molecule has 5 amide bonds. The maximum atomic E-state index is 15.0. The minimum absolute atomic E-state index is 0. The van der Waals surface area contributed by atoms with Crippen LogP contribution < -0.4 is 21.7 Å². The van der Waals surface area contributed by atoms with Crippen LogP contribution >= 0.6 is 13.5 Å². The highest BCUT2D eigenvalue weighted by molar-refractivity contribution is 7.59. The molecule has 3 aliphatic carbocycles. The average molecular weight is 1050 g/mol. The smallest absolute Gasteiger partial charge is 0.256 e. The highest BCUT2D eigenvalue weighted by Crippen LogP contribution is 2.44. The molecule has 15 nitrogen and oxygen atoms in total. The van der Waals surface area contributed by atoms with Gasteiger partial charge in [0.25, 0.3) is 11.8 Å². The van der Waals surface area contributed by atoms with Crippen molar-refractivity contribution in [1.82, 2.24) is 30.7 Å². The molecule has 7 aliphatic rings. The first-order valence-electron chi connectivity index (χ1n) is 27.2. The van der Waals surface area contributed by atoms with Gasteiger partial charge in [-0.2, -0.15) is 13.5 Å². The number of halogens is 1. The Morgan fingerprint density at radius 3 is 2.17 bits per heavy atom. The monoisotopic (exact) mass is 1050 g/mol. The van der Waals surface area contributed by atoms with Gasteiger partial charge in [-0.3, -0.25) is 28.8 Å². The van der Waals surface area contributed by atoms with E-state index in [9.17, 15) is 28.8 Å². The number of rotatable bonds is 16. The third-order valence-corrected chi connectivity index (χ3v) is 15.8. The van der Waals surface area contributed by atoms with Gasteiger partial charge in [0.15, 0.2) is 6.29 Å². The lowest BCUT2D eigenvalue weighted by Crippen LogP contribution is -2.67. The van der Waals surface area contributed by atoms with Crippen LogP contribution in [0.1, 0.15) is 157 Å². The van der Waals surface area contributed by atoms with Crippen molar-refractivity contribution >= 4 is 55.0 Å². The van der Waals surface area contributed by atoms with Crippen molar-refractivity contribution in [1.29, 1.82) is 5.41 Å². The number of ether oxygens (including phenoxy) is 1. The zero-order valence-corrected chi connectivity index (χ0v) is 45.4. The van der Waals surface area contributed by atoms with Crippen LogP contribution in [0.3, 0.4) is 0 Å². The second-order valence-electron chi connectivity index (χ2n) is 21.3. The van der Waals surface area contributed by atoms with E-state index >= 15 is 4.39 Å². The first-order valence-corrected chi connectivity index (χ1v) is 27.2. The lowest BCUT2D eigenvalue weighted by molar-refractivity contribution is -0.166. The van der Waals surface area contributed by atoms with Crippen LogP contribution in [0.25, 0.3) is 0 Å². The molecule has 0 radical (unpaired) electrons. The molecule has 6 N–H and O–H groups in total. The van der Waals surface area contributed by atoms with Crippen molar-refractivity contribution < 1.29 is 37.9 Å². The Balaban J connectivity index is 0.00000147. The highest BCUT2D eigenvalue weighted by atomic mass is 32.1. The van der Waals surface area contributed by atoms with E-state index in [1.807, 2.05) is 29.2 Å². The van der Waals surface area contributed by atoms with Crippen molar-refractivity contribution in [3.05, 3.63) is 106 Å². The number of nitrogens with zero attached hydrogens (tertiary/aromatic N) is 3. The Bertz CT molecular complexity index is 2450. The summed E-state index contributed by atoms with van der Waals surface area (Å²) in [7, 11) is 1.50. The second kappa shape index (κ2) is 27.5. The summed E-state index contributed by atoms with van der Waals surface area (Å²) in [6.07, 6.45) is 13.7. The highest BCUT2D eigenvalue weighted by Gasteiger charge is 2.51.